The molecular formula is C12H15F2NO3S. The van der Waals surface area contributed by atoms with Crippen LogP contribution in [0.4, 0.5) is 8.78 Å². The molecule has 1 saturated heterocycles. The van der Waals surface area contributed by atoms with Crippen molar-refractivity contribution in [3.8, 4) is 0 Å². The molecule has 0 saturated carbocycles. The van der Waals surface area contributed by atoms with Crippen LogP contribution in [0.3, 0.4) is 0 Å². The van der Waals surface area contributed by atoms with Crippen LogP contribution >= 0.6 is 0 Å². The summed E-state index contributed by atoms with van der Waals surface area (Å²) in [5.41, 5.74) is 0. The lowest BCUT2D eigenvalue weighted by atomic mass is 9.99. The highest BCUT2D eigenvalue weighted by Crippen LogP contribution is 2.25. The van der Waals surface area contributed by atoms with Crippen LogP contribution in [0.15, 0.2) is 23.1 Å². The molecule has 2 atom stereocenters. The van der Waals surface area contributed by atoms with Crippen molar-refractivity contribution in [3.05, 3.63) is 29.8 Å². The smallest absolute Gasteiger partial charge is 0.246 e. The van der Waals surface area contributed by atoms with E-state index in [0.717, 1.165) is 16.4 Å². The van der Waals surface area contributed by atoms with E-state index >= 15 is 0 Å². The second-order valence-electron chi connectivity index (χ2n) is 4.77. The Morgan fingerprint density at radius 3 is 2.68 bits per heavy atom. The van der Waals surface area contributed by atoms with E-state index in [0.29, 0.717) is 6.07 Å². The minimum atomic E-state index is -4.06. The minimum Gasteiger partial charge on any atom is -0.393 e. The third-order valence-corrected chi connectivity index (χ3v) is 5.21. The van der Waals surface area contributed by atoms with E-state index < -0.39 is 32.7 Å². The SMILES string of the molecule is CC1CN(S(=O)(=O)c2cc(F)ccc2F)CCC1O. The number of hydrogen-bond donors (Lipinski definition) is 1. The number of aliphatic hydroxyl groups excluding tert-OH is 1. The molecule has 19 heavy (non-hydrogen) atoms. The summed E-state index contributed by atoms with van der Waals surface area (Å²) in [6.45, 7) is 1.91. The lowest BCUT2D eigenvalue weighted by molar-refractivity contribution is 0.0628. The average molecular weight is 291 g/mol. The second kappa shape index (κ2) is 5.15. The van der Waals surface area contributed by atoms with Gasteiger partial charge in [0.1, 0.15) is 16.5 Å². The number of piperidine rings is 1. The standard InChI is InChI=1S/C12H15F2NO3S/c1-8-7-15(5-4-11(8)16)19(17,18)12-6-9(13)2-3-10(12)14/h2-3,6,8,11,16H,4-5,7H2,1H3. The zero-order valence-corrected chi connectivity index (χ0v) is 11.2. The van der Waals surface area contributed by atoms with E-state index in [2.05, 4.69) is 0 Å². The van der Waals surface area contributed by atoms with Gasteiger partial charge in [0.2, 0.25) is 10.0 Å². The third-order valence-electron chi connectivity index (χ3n) is 3.33. The number of rotatable bonds is 2. The van der Waals surface area contributed by atoms with Crippen LogP contribution in [0.5, 0.6) is 0 Å². The summed E-state index contributed by atoms with van der Waals surface area (Å²) in [7, 11) is -4.06. The van der Waals surface area contributed by atoms with E-state index in [1.807, 2.05) is 0 Å². The molecule has 1 fully saturated rings. The van der Waals surface area contributed by atoms with Crippen LogP contribution in [0.1, 0.15) is 13.3 Å². The first-order valence-corrected chi connectivity index (χ1v) is 7.39. The summed E-state index contributed by atoms with van der Waals surface area (Å²) in [5.74, 6) is -2.01. The Morgan fingerprint density at radius 2 is 2.05 bits per heavy atom. The molecule has 0 spiro atoms. The molecule has 1 N–H and O–H groups in total. The summed E-state index contributed by atoms with van der Waals surface area (Å²) in [4.78, 5) is -0.656. The molecule has 1 aliphatic heterocycles. The van der Waals surface area contributed by atoms with E-state index in [1.165, 1.54) is 0 Å². The molecule has 0 amide bonds. The molecule has 1 aliphatic rings. The Bertz CT molecular complexity index is 576. The van der Waals surface area contributed by atoms with E-state index in [1.54, 1.807) is 6.92 Å². The highest BCUT2D eigenvalue weighted by Gasteiger charge is 2.34. The fourth-order valence-corrected chi connectivity index (χ4v) is 3.76. The zero-order valence-electron chi connectivity index (χ0n) is 10.4. The highest BCUT2D eigenvalue weighted by molar-refractivity contribution is 7.89. The molecule has 0 aliphatic carbocycles. The number of benzene rings is 1. The maximum atomic E-state index is 13.6. The van der Waals surface area contributed by atoms with Gasteiger partial charge >= 0.3 is 0 Å². The summed E-state index contributed by atoms with van der Waals surface area (Å²) in [6, 6.07) is 2.35. The van der Waals surface area contributed by atoms with Gasteiger partial charge in [-0.05, 0) is 30.5 Å². The van der Waals surface area contributed by atoms with Crippen molar-refractivity contribution < 1.29 is 22.3 Å². The van der Waals surface area contributed by atoms with Gasteiger partial charge in [0, 0.05) is 13.1 Å². The van der Waals surface area contributed by atoms with Gasteiger partial charge in [-0.25, -0.2) is 17.2 Å². The summed E-state index contributed by atoms with van der Waals surface area (Å²) < 4.78 is 52.3. The van der Waals surface area contributed by atoms with Gasteiger partial charge in [-0.1, -0.05) is 6.92 Å². The van der Waals surface area contributed by atoms with Crippen molar-refractivity contribution in [2.75, 3.05) is 13.1 Å². The first-order chi connectivity index (χ1) is 8.82. The Hall–Kier alpha value is -1.05. The Balaban J connectivity index is 2.35. The first kappa shape index (κ1) is 14.4. The van der Waals surface area contributed by atoms with E-state index in [9.17, 15) is 22.3 Å². The average Bonchev–Trinajstić information content (AvgIpc) is 2.35. The van der Waals surface area contributed by atoms with Crippen LogP contribution < -0.4 is 0 Å². The molecule has 2 rings (SSSR count). The van der Waals surface area contributed by atoms with Crippen LogP contribution in [0.2, 0.25) is 0 Å². The maximum Gasteiger partial charge on any atom is 0.246 e. The largest absolute Gasteiger partial charge is 0.393 e. The predicted molar refractivity (Wildman–Crippen MR) is 64.9 cm³/mol. The number of sulfonamides is 1. The second-order valence-corrected chi connectivity index (χ2v) is 6.68. The molecule has 4 nitrogen and oxygen atoms in total. The Labute approximate surface area is 110 Å². The van der Waals surface area contributed by atoms with Crippen molar-refractivity contribution in [1.82, 2.24) is 4.31 Å². The first-order valence-electron chi connectivity index (χ1n) is 5.95. The molecule has 7 heteroatoms. The molecule has 1 aromatic carbocycles. The summed E-state index contributed by atoms with van der Waals surface area (Å²) >= 11 is 0. The Kier molecular flexibility index (Phi) is 3.89. The summed E-state index contributed by atoms with van der Waals surface area (Å²) in [5, 5.41) is 9.57. The van der Waals surface area contributed by atoms with E-state index in [4.69, 9.17) is 0 Å². The number of nitrogens with zero attached hydrogens (tertiary/aromatic N) is 1. The highest BCUT2D eigenvalue weighted by atomic mass is 32.2. The zero-order chi connectivity index (χ0) is 14.2. The monoisotopic (exact) mass is 291 g/mol. The Morgan fingerprint density at radius 1 is 1.37 bits per heavy atom. The molecule has 0 bridgehead atoms. The number of aliphatic hydroxyl groups is 1. The van der Waals surface area contributed by atoms with Crippen molar-refractivity contribution in [3.63, 3.8) is 0 Å². The van der Waals surface area contributed by atoms with Crippen molar-refractivity contribution in [2.24, 2.45) is 5.92 Å². The fourth-order valence-electron chi connectivity index (χ4n) is 2.13. The molecular weight excluding hydrogens is 276 g/mol. The van der Waals surface area contributed by atoms with Crippen LogP contribution in [-0.4, -0.2) is 37.0 Å². The number of hydrogen-bond acceptors (Lipinski definition) is 3. The number of halogens is 2. The lowest BCUT2D eigenvalue weighted by Gasteiger charge is -2.33. The van der Waals surface area contributed by atoms with Crippen molar-refractivity contribution in [1.29, 1.82) is 0 Å². The predicted octanol–water partition coefficient (Wildman–Crippen LogP) is 1.36. The minimum absolute atomic E-state index is 0.0967. The quantitative estimate of drug-likeness (QED) is 0.895. The van der Waals surface area contributed by atoms with E-state index in [-0.39, 0.29) is 25.4 Å². The van der Waals surface area contributed by atoms with Gasteiger partial charge in [0.05, 0.1) is 6.10 Å². The van der Waals surface area contributed by atoms with Crippen molar-refractivity contribution >= 4 is 10.0 Å². The molecule has 2 unspecified atom stereocenters. The fraction of sp³-hybridized carbons (Fsp3) is 0.500. The van der Waals surface area contributed by atoms with Crippen LogP contribution in [0, 0.1) is 17.6 Å². The molecule has 0 aromatic heterocycles. The van der Waals surface area contributed by atoms with Gasteiger partial charge < -0.3 is 5.11 Å². The summed E-state index contributed by atoms with van der Waals surface area (Å²) in [6.07, 6.45) is -0.277. The van der Waals surface area contributed by atoms with Gasteiger partial charge in [-0.2, -0.15) is 4.31 Å². The van der Waals surface area contributed by atoms with Gasteiger partial charge in [-0.15, -0.1) is 0 Å². The molecule has 1 aromatic rings. The van der Waals surface area contributed by atoms with Crippen molar-refractivity contribution in [2.45, 2.75) is 24.3 Å². The lowest BCUT2D eigenvalue weighted by Crippen LogP contribution is -2.45. The molecule has 1 heterocycles. The van der Waals surface area contributed by atoms with Crippen LogP contribution in [-0.2, 0) is 10.0 Å². The van der Waals surface area contributed by atoms with Gasteiger partial charge in [0.15, 0.2) is 0 Å². The van der Waals surface area contributed by atoms with Gasteiger partial charge in [-0.3, -0.25) is 0 Å². The van der Waals surface area contributed by atoms with Crippen LogP contribution in [0.25, 0.3) is 0 Å². The topological polar surface area (TPSA) is 57.6 Å². The molecule has 106 valence electrons. The third kappa shape index (κ3) is 2.77. The van der Waals surface area contributed by atoms with Gasteiger partial charge in [0.25, 0.3) is 0 Å². The maximum absolute atomic E-state index is 13.6. The normalized spacial score (nSPS) is 25.5. The molecule has 0 radical (unpaired) electrons.